The summed E-state index contributed by atoms with van der Waals surface area (Å²) < 4.78 is 406. The van der Waals surface area contributed by atoms with Gasteiger partial charge in [-0.15, -0.1) is 0 Å². The van der Waals surface area contributed by atoms with E-state index in [1.165, 1.54) is 0 Å². The number of hydrogen-bond acceptors (Lipinski definition) is 8. The van der Waals surface area contributed by atoms with Crippen molar-refractivity contribution in [1.82, 2.24) is 21.3 Å². The summed E-state index contributed by atoms with van der Waals surface area (Å²) >= 11 is 0. The van der Waals surface area contributed by atoms with Crippen molar-refractivity contribution in [2.45, 2.75) is 53.0 Å². The number of carbonyl (C=O) groups excluding carboxylic acids is 4. The maximum atomic E-state index is 11.7. The predicted molar refractivity (Wildman–Crippen MR) is 292 cm³/mol. The number of nitrogens with one attached hydrogen (secondary N) is 4. The molecule has 4 amide bonds. The minimum absolute atomic E-state index is 0.235. The van der Waals surface area contributed by atoms with Gasteiger partial charge in [0.2, 0.25) is 23.6 Å². The highest BCUT2D eigenvalue weighted by atomic mass is 16.5. The Morgan fingerprint density at radius 2 is 0.722 bits per heavy atom. The lowest BCUT2D eigenvalue weighted by Gasteiger charge is -2.08. The summed E-state index contributed by atoms with van der Waals surface area (Å²) in [7, 11) is -3.95. The summed E-state index contributed by atoms with van der Waals surface area (Å²) in [6.07, 6.45) is -7.17. The second-order valence-electron chi connectivity index (χ2n) is 13.0. The Morgan fingerprint density at radius 1 is 0.417 bits per heavy atom. The van der Waals surface area contributed by atoms with Crippen LogP contribution in [0, 0.1) is 0 Å². The van der Waals surface area contributed by atoms with E-state index in [1.807, 2.05) is 10.6 Å². The zero-order valence-corrected chi connectivity index (χ0v) is 37.1. The Balaban J connectivity index is 0.000000289. The number of aryl methyl sites for hydroxylation is 2. The molecule has 0 unspecified atom stereocenters. The van der Waals surface area contributed by atoms with Gasteiger partial charge in [-0.1, -0.05) is 96.7 Å². The fourth-order valence-corrected chi connectivity index (χ4v) is 5.35. The zero-order valence-electron chi connectivity index (χ0n) is 87.1. The molecule has 0 saturated carbocycles. The van der Waals surface area contributed by atoms with Crippen molar-refractivity contribution >= 4 is 66.7 Å². The Morgan fingerprint density at radius 3 is 1.04 bits per heavy atom. The van der Waals surface area contributed by atoms with Gasteiger partial charge >= 0.3 is 0 Å². The normalized spacial score (nSPS) is 22.2. The average molecular weight is 1020 g/mol. The van der Waals surface area contributed by atoms with Crippen molar-refractivity contribution in [3.05, 3.63) is 167 Å². The summed E-state index contributed by atoms with van der Waals surface area (Å²) in [4.78, 5) is 46.7. The predicted octanol–water partition coefficient (Wildman–Crippen LogP) is 10.1. The molecule has 12 nitrogen and oxygen atoms in total. The Labute approximate surface area is 493 Å². The zero-order chi connectivity index (χ0) is 94.9. The molecular formula is C60H68N4O8. The van der Waals surface area contributed by atoms with Crippen molar-refractivity contribution in [2.75, 3.05) is 54.4 Å². The maximum Gasteiger partial charge on any atom is 0.216 e. The van der Waals surface area contributed by atoms with Gasteiger partial charge in [-0.05, 0) is 139 Å². The molecule has 0 saturated heterocycles. The van der Waals surface area contributed by atoms with E-state index in [-0.39, 0.29) is 38.6 Å². The SMILES string of the molecule is [2H]c1c([2H])c(C([2H])([2H])CNC(=O)C([2H])([2H])[2H])c2c([2H])c(OC([2H])([2H])[2H])c([2H])c([2H])c2c1[2H].[2H]c1c([2H])c(C([2H])([2H])CNC(=O)C([2H])([2H])[2H])c2c([2H])c(OC)c([2H])c([2H])c2c1[2H].[2H]c1c([2H])c(CC([2H])([2H])NC(=O)C([2H])([2H])[2H])c2c([2H])c(OC([2H])([2H])[2H])c([2H])c([2H])c2c1[2H].[2H]c1c([2H])c(CC([2H])([2H])NC(=O)C([2H])([2H])[2H])c2c([2H])c(OC)c([2H])c([2H])c2c1[2H]. The molecule has 8 rings (SSSR count). The van der Waals surface area contributed by atoms with Crippen LogP contribution in [-0.2, 0) is 44.8 Å². The molecule has 376 valence electrons. The smallest absolute Gasteiger partial charge is 0.216 e. The van der Waals surface area contributed by atoms with E-state index in [1.54, 1.807) is 10.6 Å². The molecule has 12 heteroatoms. The Kier molecular flexibility index (Phi) is 7.20. The largest absolute Gasteiger partial charge is 0.497 e. The number of hydrogen-bond donors (Lipinski definition) is 4. The van der Waals surface area contributed by atoms with Crippen LogP contribution in [0.4, 0.5) is 0 Å². The second kappa shape index (κ2) is 28.5. The van der Waals surface area contributed by atoms with E-state index in [2.05, 4.69) is 9.47 Å². The number of amides is 4. The third kappa shape index (κ3) is 17.1. The first-order valence-electron chi connectivity index (χ1n) is 44.7. The van der Waals surface area contributed by atoms with E-state index in [4.69, 9.17) is 78.0 Å². The third-order valence-corrected chi connectivity index (χ3v) is 8.39. The van der Waals surface area contributed by atoms with E-state index in [0.717, 1.165) is 14.2 Å². The third-order valence-electron chi connectivity index (χ3n) is 8.39. The first-order chi connectivity index (χ1) is 54.9. The second-order valence-corrected chi connectivity index (χ2v) is 13.0. The summed E-state index contributed by atoms with van der Waals surface area (Å²) in [6, 6.07) is -16.9. The van der Waals surface area contributed by atoms with Crippen molar-refractivity contribution in [3.8, 4) is 23.0 Å². The molecule has 0 aliphatic heterocycles. The van der Waals surface area contributed by atoms with Gasteiger partial charge in [-0.25, -0.2) is 0 Å². The lowest BCUT2D eigenvalue weighted by Crippen LogP contribution is -2.22. The summed E-state index contributed by atoms with van der Waals surface area (Å²) in [6.45, 7) is -19.8. The highest BCUT2D eigenvalue weighted by Crippen LogP contribution is 2.28. The van der Waals surface area contributed by atoms with Crippen molar-refractivity contribution in [2.24, 2.45) is 0 Å². The van der Waals surface area contributed by atoms with Crippen LogP contribution in [0.15, 0.2) is 145 Å². The van der Waals surface area contributed by atoms with E-state index in [0.29, 0.717) is 0 Å². The molecule has 0 aliphatic rings. The van der Waals surface area contributed by atoms with Crippen LogP contribution in [0.3, 0.4) is 0 Å². The van der Waals surface area contributed by atoms with Gasteiger partial charge in [0.25, 0.3) is 0 Å². The number of methoxy groups -OCH3 is 4. The molecule has 8 aromatic rings. The molecule has 0 fully saturated rings. The minimum Gasteiger partial charge on any atom is -0.497 e. The number of rotatable bonds is 16. The molecule has 4 N–H and O–H groups in total. The molecule has 0 radical (unpaired) electrons. The van der Waals surface area contributed by atoms with Crippen LogP contribution in [0.2, 0.25) is 0 Å². The van der Waals surface area contributed by atoms with E-state index < -0.39 is 312 Å². The molecule has 72 heavy (non-hydrogen) atoms. The van der Waals surface area contributed by atoms with Crippen molar-refractivity contribution in [3.63, 3.8) is 0 Å². The van der Waals surface area contributed by atoms with Gasteiger partial charge in [0.05, 0.1) is 69.4 Å². The average Bonchev–Trinajstić information content (AvgIpc) is 0.765. The fraction of sp³-hybridized carbons (Fsp3) is 0.267. The molecule has 0 atom stereocenters. The van der Waals surface area contributed by atoms with Gasteiger partial charge in [-0.3, -0.25) is 19.2 Å². The molecule has 0 spiro atoms. The van der Waals surface area contributed by atoms with Crippen LogP contribution in [-0.4, -0.2) is 78.0 Å². The summed E-state index contributed by atoms with van der Waals surface area (Å²) in [5, 5.41) is 3.70. The molecule has 8 aromatic carbocycles. The van der Waals surface area contributed by atoms with Crippen LogP contribution in [0.5, 0.6) is 23.0 Å². The first kappa shape index (κ1) is 18.2. The fourth-order valence-electron chi connectivity index (χ4n) is 5.35. The highest BCUT2D eigenvalue weighted by molar-refractivity contribution is 5.90. The van der Waals surface area contributed by atoms with Crippen LogP contribution in [0.1, 0.15) is 118 Å². The van der Waals surface area contributed by atoms with Gasteiger partial charge < -0.3 is 40.2 Å². The minimum atomic E-state index is -3.18. The van der Waals surface area contributed by atoms with Gasteiger partial charge in [0.1, 0.15) is 23.0 Å². The molecule has 0 heterocycles. The van der Waals surface area contributed by atoms with Crippen molar-refractivity contribution < 1.29 is 107 Å². The quantitative estimate of drug-likeness (QED) is 0.0747. The standard InChI is InChI=1S/4C15H17NO2/c4*1-11(17)16-9-8-13-5-3-4-12-6-7-14(18-2)10-15(12)13/h4*3-7,10H,8-9H2,1-2H3,(H,16,17)/i1D3,2D3,3D,4D,5D,6D,7D,9D2,10D;1D3,2D3,3D,4D,5D,6D,7D,8D2,10D;1D3,3D,4D,5D,6D,7D,9D2,10D;1D3,3D,4D,5D,6D,7D,8D2,10D. The Hall–Kier alpha value is -8.12. The maximum absolute atomic E-state index is 11.7. The van der Waals surface area contributed by atoms with E-state index >= 15 is 0 Å². The summed E-state index contributed by atoms with van der Waals surface area (Å²) in [5.74, 6) is -8.58. The number of ether oxygens (including phenoxy) is 4. The molecule has 0 bridgehead atoms. The molecule has 0 aliphatic carbocycles. The lowest BCUT2D eigenvalue weighted by atomic mass is 10.0. The van der Waals surface area contributed by atoms with Crippen LogP contribution < -0.4 is 40.2 Å². The first-order valence-corrected chi connectivity index (χ1v) is 19.7. The number of fused-ring (bicyclic) bond motifs is 4. The van der Waals surface area contributed by atoms with Gasteiger partial charge in [-0.2, -0.15) is 0 Å². The van der Waals surface area contributed by atoms with Crippen LogP contribution in [0.25, 0.3) is 43.1 Å². The Bertz CT molecular complexity index is 5520. The van der Waals surface area contributed by atoms with Gasteiger partial charge in [0.15, 0.2) is 0 Å². The highest BCUT2D eigenvalue weighted by Gasteiger charge is 2.07. The number of carbonyl (C=O) groups is 4. The summed E-state index contributed by atoms with van der Waals surface area (Å²) in [5.41, 5.74) is -2.08. The monoisotopic (exact) mass is 1020 g/mol. The van der Waals surface area contributed by atoms with Crippen LogP contribution >= 0.6 is 0 Å². The molecule has 0 aromatic heterocycles. The van der Waals surface area contributed by atoms with E-state index in [9.17, 15) is 19.2 Å². The molecular weight excluding hydrogens is 905 g/mol. The lowest BCUT2D eigenvalue weighted by molar-refractivity contribution is -0.119. The number of benzene rings is 8. The topological polar surface area (TPSA) is 153 Å². The van der Waals surface area contributed by atoms with Gasteiger partial charge in [0, 0.05) is 80.9 Å². The van der Waals surface area contributed by atoms with Crippen molar-refractivity contribution in [1.29, 1.82) is 0 Å².